The van der Waals surface area contributed by atoms with Crippen molar-refractivity contribution in [2.45, 2.75) is 6.54 Å². The summed E-state index contributed by atoms with van der Waals surface area (Å²) in [6.45, 7) is 0.642. The predicted octanol–water partition coefficient (Wildman–Crippen LogP) is 4.41. The summed E-state index contributed by atoms with van der Waals surface area (Å²) in [5, 5.41) is 0.673. The lowest BCUT2D eigenvalue weighted by Gasteiger charge is -2.09. The molecule has 0 unspecified atom stereocenters. The topological polar surface area (TPSA) is 29.9 Å². The van der Waals surface area contributed by atoms with E-state index in [1.54, 1.807) is 7.11 Å². The van der Waals surface area contributed by atoms with E-state index in [1.807, 2.05) is 47.0 Å². The first-order valence-corrected chi connectivity index (χ1v) is 6.98. The zero-order valence-corrected chi connectivity index (χ0v) is 12.5. The van der Waals surface area contributed by atoms with Gasteiger partial charge in [0.25, 0.3) is 0 Å². The van der Waals surface area contributed by atoms with Crippen LogP contribution < -0.4 is 4.74 Å². The average Bonchev–Trinajstić information content (AvgIpc) is 2.78. The summed E-state index contributed by atoms with van der Waals surface area (Å²) in [5.41, 5.74) is 2.94. The maximum absolute atomic E-state index is 6.19. The Labute approximate surface area is 126 Å². The molecule has 0 spiro atoms. The molecule has 0 aliphatic rings. The lowest BCUT2D eigenvalue weighted by Crippen LogP contribution is -2.01. The van der Waals surface area contributed by atoms with E-state index in [4.69, 9.17) is 28.6 Å². The van der Waals surface area contributed by atoms with Crippen molar-refractivity contribution in [1.82, 2.24) is 9.55 Å². The molecule has 5 heteroatoms. The molecule has 3 aromatic rings. The lowest BCUT2D eigenvalue weighted by molar-refractivity contribution is 0.408. The zero-order valence-electron chi connectivity index (χ0n) is 10.9. The number of hydrogen-bond acceptors (Lipinski definition) is 2. The SMILES string of the molecule is COc1ccccc1Cn1c(=S)[nH]c2c(Cl)cccc21. The van der Waals surface area contributed by atoms with E-state index in [-0.39, 0.29) is 0 Å². The van der Waals surface area contributed by atoms with E-state index in [1.165, 1.54) is 0 Å². The molecular weight excluding hydrogens is 292 g/mol. The van der Waals surface area contributed by atoms with Crippen molar-refractivity contribution >= 4 is 34.9 Å². The van der Waals surface area contributed by atoms with Crippen molar-refractivity contribution in [3.05, 3.63) is 57.8 Å². The number of imidazole rings is 1. The third-order valence-corrected chi connectivity index (χ3v) is 3.92. The summed E-state index contributed by atoms with van der Waals surface area (Å²) < 4.78 is 8.06. The Kier molecular flexibility index (Phi) is 3.51. The van der Waals surface area contributed by atoms with Crippen LogP contribution in [0, 0.1) is 4.77 Å². The number of hydrogen-bond donors (Lipinski definition) is 1. The van der Waals surface area contributed by atoms with Crippen LogP contribution in [0.3, 0.4) is 0 Å². The number of rotatable bonds is 3. The minimum atomic E-state index is 0.642. The fourth-order valence-corrected chi connectivity index (χ4v) is 2.79. The second-order valence-corrected chi connectivity index (χ2v) is 5.26. The summed E-state index contributed by atoms with van der Waals surface area (Å²) >= 11 is 11.6. The van der Waals surface area contributed by atoms with Gasteiger partial charge in [-0.15, -0.1) is 0 Å². The van der Waals surface area contributed by atoms with Crippen LogP contribution in [0.5, 0.6) is 5.75 Å². The van der Waals surface area contributed by atoms with Crippen molar-refractivity contribution < 1.29 is 4.74 Å². The molecular formula is C15H13ClN2OS. The fraction of sp³-hybridized carbons (Fsp3) is 0.133. The van der Waals surface area contributed by atoms with E-state index in [9.17, 15) is 0 Å². The molecule has 20 heavy (non-hydrogen) atoms. The highest BCUT2D eigenvalue weighted by atomic mass is 35.5. The number of benzene rings is 2. The summed E-state index contributed by atoms with van der Waals surface area (Å²) in [6, 6.07) is 13.7. The molecule has 0 radical (unpaired) electrons. The number of methoxy groups -OCH3 is 1. The first kappa shape index (κ1) is 13.2. The number of H-pyrrole nitrogens is 1. The van der Waals surface area contributed by atoms with Gasteiger partial charge in [0.15, 0.2) is 4.77 Å². The number of nitrogens with one attached hydrogen (secondary N) is 1. The van der Waals surface area contributed by atoms with Crippen LogP contribution in [0.25, 0.3) is 11.0 Å². The Morgan fingerprint density at radius 2 is 2.00 bits per heavy atom. The summed E-state index contributed by atoms with van der Waals surface area (Å²) in [6.07, 6.45) is 0. The van der Waals surface area contributed by atoms with Gasteiger partial charge >= 0.3 is 0 Å². The first-order chi connectivity index (χ1) is 9.70. The van der Waals surface area contributed by atoms with Gasteiger partial charge in [-0.2, -0.15) is 0 Å². The molecule has 102 valence electrons. The Morgan fingerprint density at radius 1 is 1.20 bits per heavy atom. The number of ether oxygens (including phenoxy) is 1. The van der Waals surface area contributed by atoms with E-state index >= 15 is 0 Å². The molecule has 0 bridgehead atoms. The second-order valence-electron chi connectivity index (χ2n) is 4.46. The highest BCUT2D eigenvalue weighted by Crippen LogP contribution is 2.25. The third-order valence-electron chi connectivity index (χ3n) is 3.28. The number of aromatic amines is 1. The molecule has 0 fully saturated rings. The second kappa shape index (κ2) is 5.31. The van der Waals surface area contributed by atoms with Crippen LogP contribution in [-0.2, 0) is 6.54 Å². The van der Waals surface area contributed by atoms with Crippen molar-refractivity contribution in [2.75, 3.05) is 7.11 Å². The number of aromatic nitrogens is 2. The highest BCUT2D eigenvalue weighted by Gasteiger charge is 2.09. The van der Waals surface area contributed by atoms with E-state index in [0.717, 1.165) is 22.3 Å². The molecule has 0 amide bonds. The predicted molar refractivity (Wildman–Crippen MR) is 84.2 cm³/mol. The maximum Gasteiger partial charge on any atom is 0.178 e. The fourth-order valence-electron chi connectivity index (χ4n) is 2.31. The Balaban J connectivity index is 2.14. The maximum atomic E-state index is 6.19. The minimum Gasteiger partial charge on any atom is -0.496 e. The number of halogens is 1. The van der Waals surface area contributed by atoms with Gasteiger partial charge in [0.1, 0.15) is 5.75 Å². The van der Waals surface area contributed by atoms with Gasteiger partial charge in [-0.25, -0.2) is 0 Å². The van der Waals surface area contributed by atoms with Gasteiger partial charge < -0.3 is 14.3 Å². The monoisotopic (exact) mass is 304 g/mol. The van der Waals surface area contributed by atoms with Crippen molar-refractivity contribution in [3.8, 4) is 5.75 Å². The van der Waals surface area contributed by atoms with Gasteiger partial charge in [0.2, 0.25) is 0 Å². The smallest absolute Gasteiger partial charge is 0.178 e. The van der Waals surface area contributed by atoms with Crippen LogP contribution in [0.4, 0.5) is 0 Å². The Bertz CT molecular complexity index is 822. The molecule has 3 rings (SSSR count). The van der Waals surface area contributed by atoms with Crippen LogP contribution in [0.2, 0.25) is 5.02 Å². The van der Waals surface area contributed by atoms with Gasteiger partial charge in [0.05, 0.1) is 29.7 Å². The molecule has 0 atom stereocenters. The third kappa shape index (κ3) is 2.21. The summed E-state index contributed by atoms with van der Waals surface area (Å²) in [4.78, 5) is 3.16. The molecule has 1 aromatic heterocycles. The largest absolute Gasteiger partial charge is 0.496 e. The van der Waals surface area contributed by atoms with Crippen LogP contribution >= 0.6 is 23.8 Å². The average molecular weight is 305 g/mol. The molecule has 3 nitrogen and oxygen atoms in total. The van der Waals surface area contributed by atoms with E-state index in [0.29, 0.717) is 16.3 Å². The van der Waals surface area contributed by atoms with E-state index in [2.05, 4.69) is 4.98 Å². The summed E-state index contributed by atoms with van der Waals surface area (Å²) in [7, 11) is 1.67. The standard InChI is InChI=1S/C15H13ClN2OS/c1-19-13-8-3-2-5-10(13)9-18-12-7-4-6-11(16)14(12)17-15(18)20/h2-8H,9H2,1H3,(H,17,20). The van der Waals surface area contributed by atoms with Gasteiger partial charge in [-0.1, -0.05) is 35.9 Å². The molecule has 0 saturated carbocycles. The van der Waals surface area contributed by atoms with Crippen molar-refractivity contribution in [2.24, 2.45) is 0 Å². The first-order valence-electron chi connectivity index (χ1n) is 6.19. The van der Waals surface area contributed by atoms with Gasteiger partial charge in [0, 0.05) is 5.56 Å². The van der Waals surface area contributed by atoms with Crippen molar-refractivity contribution in [1.29, 1.82) is 0 Å². The number of fused-ring (bicyclic) bond motifs is 1. The molecule has 0 aliphatic carbocycles. The molecule has 1 heterocycles. The van der Waals surface area contributed by atoms with Crippen LogP contribution in [0.15, 0.2) is 42.5 Å². The molecule has 0 aliphatic heterocycles. The van der Waals surface area contributed by atoms with Gasteiger partial charge in [-0.05, 0) is 30.4 Å². The summed E-state index contributed by atoms with van der Waals surface area (Å²) in [5.74, 6) is 0.853. The zero-order chi connectivity index (χ0) is 14.1. The van der Waals surface area contributed by atoms with Crippen molar-refractivity contribution in [3.63, 3.8) is 0 Å². The van der Waals surface area contributed by atoms with E-state index < -0.39 is 0 Å². The van der Waals surface area contributed by atoms with Crippen LogP contribution in [-0.4, -0.2) is 16.7 Å². The molecule has 0 saturated heterocycles. The van der Waals surface area contributed by atoms with Gasteiger partial charge in [-0.3, -0.25) is 0 Å². The molecule has 2 aromatic carbocycles. The molecule has 1 N–H and O–H groups in total. The Morgan fingerprint density at radius 3 is 2.80 bits per heavy atom. The number of nitrogens with zero attached hydrogens (tertiary/aromatic N) is 1. The highest BCUT2D eigenvalue weighted by molar-refractivity contribution is 7.71. The normalized spacial score (nSPS) is 10.9. The quantitative estimate of drug-likeness (QED) is 0.726. The minimum absolute atomic E-state index is 0.642. The van der Waals surface area contributed by atoms with Crippen LogP contribution in [0.1, 0.15) is 5.56 Å². The lowest BCUT2D eigenvalue weighted by atomic mass is 10.2. The Hall–Kier alpha value is -1.78. The number of para-hydroxylation sites is 2.